The molecule has 0 amide bonds. The molecule has 2 heterocycles. The highest BCUT2D eigenvalue weighted by Crippen LogP contribution is 2.37. The molecule has 0 aliphatic rings. The van der Waals surface area contributed by atoms with Crippen molar-refractivity contribution in [2.24, 2.45) is 0 Å². The first-order valence-electron chi connectivity index (χ1n) is 7.44. The molecule has 0 aliphatic carbocycles. The van der Waals surface area contributed by atoms with Gasteiger partial charge in [0.25, 0.3) is 0 Å². The van der Waals surface area contributed by atoms with Crippen LogP contribution in [0.1, 0.15) is 57.5 Å². The average Bonchev–Trinajstić information content (AvgIpc) is 3.03. The zero-order valence-electron chi connectivity index (χ0n) is 14.9. The van der Waals surface area contributed by atoms with Crippen molar-refractivity contribution < 1.29 is 0 Å². The topological polar surface area (TPSA) is 8.72 Å². The van der Waals surface area contributed by atoms with E-state index >= 15 is 0 Å². The molecular formula is C19H24N2S2. The maximum Gasteiger partial charge on any atom is 0.241 e. The number of aryl methyl sites for hydroxylation is 1. The van der Waals surface area contributed by atoms with E-state index in [1.54, 1.807) is 11.3 Å². The van der Waals surface area contributed by atoms with E-state index in [2.05, 4.69) is 63.5 Å². The van der Waals surface area contributed by atoms with Gasteiger partial charge in [-0.15, -0.1) is 0 Å². The quantitative estimate of drug-likeness (QED) is 0.437. The molecule has 2 rings (SSSR count). The average molecular weight is 345 g/mol. The molecule has 0 fully saturated rings. The van der Waals surface area contributed by atoms with E-state index in [4.69, 9.17) is 13.1 Å². The van der Waals surface area contributed by atoms with Gasteiger partial charge in [-0.2, -0.15) is 22.7 Å². The molecule has 0 spiro atoms. The number of hydrogen-bond acceptors (Lipinski definition) is 2. The predicted molar refractivity (Wildman–Crippen MR) is 103 cm³/mol. The van der Waals surface area contributed by atoms with Crippen LogP contribution in [0.3, 0.4) is 0 Å². The lowest BCUT2D eigenvalue weighted by Crippen LogP contribution is -2.09. The van der Waals surface area contributed by atoms with Crippen molar-refractivity contribution in [2.75, 3.05) is 0 Å². The Labute approximate surface area is 148 Å². The van der Waals surface area contributed by atoms with Crippen molar-refractivity contribution >= 4 is 32.7 Å². The van der Waals surface area contributed by atoms with Crippen molar-refractivity contribution in [2.45, 2.75) is 59.3 Å². The smallest absolute Gasteiger partial charge is 0.227 e. The highest BCUT2D eigenvalue weighted by molar-refractivity contribution is 7.16. The molecule has 0 saturated heterocycles. The van der Waals surface area contributed by atoms with E-state index in [1.807, 2.05) is 12.1 Å². The fourth-order valence-corrected chi connectivity index (χ4v) is 3.98. The Morgan fingerprint density at radius 3 is 1.70 bits per heavy atom. The Hall–Kier alpha value is -1.62. The van der Waals surface area contributed by atoms with Crippen LogP contribution in [0, 0.1) is 20.1 Å². The van der Waals surface area contributed by atoms with Crippen LogP contribution in [0.4, 0.5) is 10.0 Å². The molecule has 4 heteroatoms. The number of thiophene rings is 2. The Balaban J connectivity index is 0.000000231. The van der Waals surface area contributed by atoms with Crippen molar-refractivity contribution in [1.82, 2.24) is 0 Å². The fraction of sp³-hybridized carbons (Fsp3) is 0.474. The first-order valence-corrected chi connectivity index (χ1v) is 9.13. The van der Waals surface area contributed by atoms with E-state index in [0.717, 1.165) is 10.0 Å². The van der Waals surface area contributed by atoms with E-state index in [9.17, 15) is 0 Å². The zero-order chi connectivity index (χ0) is 17.8. The van der Waals surface area contributed by atoms with Crippen LogP contribution in [0.2, 0.25) is 0 Å². The minimum Gasteiger partial charge on any atom is -0.227 e. The first-order chi connectivity index (χ1) is 10.5. The lowest BCUT2D eigenvalue weighted by atomic mass is 9.89. The number of nitrogens with zero attached hydrogens (tertiary/aromatic N) is 2. The molecule has 2 aromatic heterocycles. The molecule has 0 aliphatic heterocycles. The molecule has 0 bridgehead atoms. The standard InChI is InChI=1S/C10H13NS.C9H11NS/c1-7-6-8(11-5)12-9(7)10(2,3)4;1-9(2,3)7-5-8(10-4)11-6-7/h6H,1-4H3;5-6H,1-3H3. The van der Waals surface area contributed by atoms with Gasteiger partial charge < -0.3 is 0 Å². The summed E-state index contributed by atoms with van der Waals surface area (Å²) in [6.45, 7) is 28.8. The van der Waals surface area contributed by atoms with Crippen LogP contribution in [0.15, 0.2) is 17.5 Å². The van der Waals surface area contributed by atoms with Gasteiger partial charge in [0.1, 0.15) is 0 Å². The van der Waals surface area contributed by atoms with Crippen molar-refractivity contribution in [3.05, 3.63) is 56.4 Å². The summed E-state index contributed by atoms with van der Waals surface area (Å²) in [6, 6.07) is 3.94. The zero-order valence-corrected chi connectivity index (χ0v) is 16.6. The summed E-state index contributed by atoms with van der Waals surface area (Å²) in [5, 5.41) is 3.65. The summed E-state index contributed by atoms with van der Waals surface area (Å²) >= 11 is 3.13. The van der Waals surface area contributed by atoms with Crippen molar-refractivity contribution in [3.63, 3.8) is 0 Å². The largest absolute Gasteiger partial charge is 0.241 e. The molecule has 0 N–H and O–H groups in total. The van der Waals surface area contributed by atoms with Crippen LogP contribution < -0.4 is 0 Å². The molecule has 0 aromatic carbocycles. The van der Waals surface area contributed by atoms with Crippen LogP contribution in [0.25, 0.3) is 9.69 Å². The molecule has 0 saturated carbocycles. The number of hydrogen-bond donors (Lipinski definition) is 0. The third-order valence-electron chi connectivity index (χ3n) is 3.26. The van der Waals surface area contributed by atoms with Gasteiger partial charge in [0.05, 0.1) is 13.1 Å². The van der Waals surface area contributed by atoms with Gasteiger partial charge in [-0.1, -0.05) is 41.5 Å². The summed E-state index contributed by atoms with van der Waals surface area (Å²) in [5.74, 6) is 0. The third-order valence-corrected chi connectivity index (χ3v) is 5.64. The maximum atomic E-state index is 6.89. The monoisotopic (exact) mass is 344 g/mol. The SMILES string of the molecule is [C-]#[N+]c1cc(C(C)(C)C)cs1.[C-]#[N+]c1cc(C)c(C(C)(C)C)s1. The highest BCUT2D eigenvalue weighted by Gasteiger charge is 2.18. The fourth-order valence-electron chi connectivity index (χ4n) is 2.04. The predicted octanol–water partition coefficient (Wildman–Crippen LogP) is 7.50. The highest BCUT2D eigenvalue weighted by atomic mass is 32.1. The Morgan fingerprint density at radius 1 is 0.870 bits per heavy atom. The van der Waals surface area contributed by atoms with E-state index in [-0.39, 0.29) is 10.8 Å². The minimum absolute atomic E-state index is 0.178. The number of rotatable bonds is 0. The van der Waals surface area contributed by atoms with Crippen LogP contribution >= 0.6 is 22.7 Å². The van der Waals surface area contributed by atoms with Gasteiger partial charge >= 0.3 is 0 Å². The molecule has 0 radical (unpaired) electrons. The molecule has 2 aromatic rings. The molecule has 23 heavy (non-hydrogen) atoms. The summed E-state index contributed by atoms with van der Waals surface area (Å²) in [4.78, 5) is 8.13. The van der Waals surface area contributed by atoms with Gasteiger partial charge in [0.15, 0.2) is 0 Å². The maximum absolute atomic E-state index is 6.89. The molecular weight excluding hydrogens is 320 g/mol. The second kappa shape index (κ2) is 7.30. The van der Waals surface area contributed by atoms with Gasteiger partial charge in [0.2, 0.25) is 10.0 Å². The van der Waals surface area contributed by atoms with Gasteiger partial charge in [-0.25, -0.2) is 9.69 Å². The second-order valence-electron chi connectivity index (χ2n) is 7.49. The molecule has 0 atom stereocenters. The first kappa shape index (κ1) is 19.4. The summed E-state index contributed by atoms with van der Waals surface area (Å²) in [7, 11) is 0. The Bertz CT molecular complexity index is 738. The van der Waals surface area contributed by atoms with E-state index in [1.165, 1.54) is 27.3 Å². The van der Waals surface area contributed by atoms with Gasteiger partial charge in [-0.05, 0) is 51.3 Å². The van der Waals surface area contributed by atoms with Crippen LogP contribution in [-0.2, 0) is 10.8 Å². The lowest BCUT2D eigenvalue weighted by Gasteiger charge is -2.17. The van der Waals surface area contributed by atoms with Gasteiger partial charge in [-0.3, -0.25) is 0 Å². The van der Waals surface area contributed by atoms with Crippen LogP contribution in [0.5, 0.6) is 0 Å². The summed E-state index contributed by atoms with van der Waals surface area (Å²) in [5.41, 5.74) is 2.86. The summed E-state index contributed by atoms with van der Waals surface area (Å²) < 4.78 is 0. The van der Waals surface area contributed by atoms with E-state index in [0.29, 0.717) is 0 Å². The molecule has 0 unspecified atom stereocenters. The minimum atomic E-state index is 0.178. The normalized spacial score (nSPS) is 11.2. The molecule has 2 nitrogen and oxygen atoms in total. The Kier molecular flexibility index (Phi) is 6.17. The second-order valence-corrected chi connectivity index (χ2v) is 9.41. The van der Waals surface area contributed by atoms with E-state index < -0.39 is 0 Å². The van der Waals surface area contributed by atoms with Crippen molar-refractivity contribution in [3.8, 4) is 0 Å². The third kappa shape index (κ3) is 5.50. The Morgan fingerprint density at radius 2 is 1.43 bits per heavy atom. The molecule has 122 valence electrons. The van der Waals surface area contributed by atoms with Crippen molar-refractivity contribution in [1.29, 1.82) is 0 Å². The lowest BCUT2D eigenvalue weighted by molar-refractivity contribution is 0.593. The van der Waals surface area contributed by atoms with Gasteiger partial charge in [0, 0.05) is 0 Å². The van der Waals surface area contributed by atoms with Crippen LogP contribution in [-0.4, -0.2) is 0 Å². The summed E-state index contributed by atoms with van der Waals surface area (Å²) in [6.07, 6.45) is 0.